The van der Waals surface area contributed by atoms with Gasteiger partial charge in [-0.05, 0) is 24.6 Å². The maximum absolute atomic E-state index is 12.5. The van der Waals surface area contributed by atoms with Crippen molar-refractivity contribution in [3.05, 3.63) is 87.3 Å². The molecule has 6 heteroatoms. The molecule has 126 valence electrons. The molecule has 0 saturated heterocycles. The van der Waals surface area contributed by atoms with Crippen molar-refractivity contribution in [1.82, 2.24) is 15.3 Å². The number of nitrogens with zero attached hydrogens (tertiary/aromatic N) is 1. The van der Waals surface area contributed by atoms with Crippen LogP contribution < -0.4 is 10.9 Å². The van der Waals surface area contributed by atoms with Gasteiger partial charge in [0.2, 0.25) is 0 Å². The Morgan fingerprint density at radius 2 is 1.80 bits per heavy atom. The molecule has 0 saturated carbocycles. The van der Waals surface area contributed by atoms with Gasteiger partial charge in [0.15, 0.2) is 0 Å². The molecule has 1 heterocycles. The Labute approximate surface area is 149 Å². The molecule has 0 spiro atoms. The summed E-state index contributed by atoms with van der Waals surface area (Å²) in [5, 5.41) is 3.47. The Morgan fingerprint density at radius 3 is 2.48 bits per heavy atom. The summed E-state index contributed by atoms with van der Waals surface area (Å²) in [6.07, 6.45) is 0. The lowest BCUT2D eigenvalue weighted by molar-refractivity contribution is 0.0934. The third-order valence-electron chi connectivity index (χ3n) is 3.74. The maximum atomic E-state index is 12.5. The van der Waals surface area contributed by atoms with E-state index in [1.807, 2.05) is 49.4 Å². The average molecular weight is 354 g/mol. The topological polar surface area (TPSA) is 74.8 Å². The molecule has 25 heavy (non-hydrogen) atoms. The lowest BCUT2D eigenvalue weighted by atomic mass is 10.1. The predicted molar refractivity (Wildman–Crippen MR) is 97.6 cm³/mol. The summed E-state index contributed by atoms with van der Waals surface area (Å²) < 4.78 is 0. The molecule has 2 N–H and O–H groups in total. The van der Waals surface area contributed by atoms with E-state index < -0.39 is 5.91 Å². The number of halogens is 1. The minimum absolute atomic E-state index is 0.0726. The standard InChI is InChI=1S/C19H16ClN3O2/c1-12(13-7-9-15(20)10-8-13)21-19(25)16-11-17(24)23-18(22-16)14-5-3-2-4-6-14/h2-12H,1H3,(H,21,25)(H,22,23,24). The van der Waals surface area contributed by atoms with Gasteiger partial charge in [-0.1, -0.05) is 54.1 Å². The molecule has 3 aromatic rings. The van der Waals surface area contributed by atoms with Crippen LogP contribution in [0, 0.1) is 0 Å². The molecule has 0 fully saturated rings. The number of aromatic nitrogens is 2. The van der Waals surface area contributed by atoms with Crippen molar-refractivity contribution in [3.63, 3.8) is 0 Å². The van der Waals surface area contributed by atoms with Crippen LogP contribution in [-0.4, -0.2) is 15.9 Å². The summed E-state index contributed by atoms with van der Waals surface area (Å²) in [6, 6.07) is 17.3. The minimum Gasteiger partial charge on any atom is -0.344 e. The van der Waals surface area contributed by atoms with Crippen molar-refractivity contribution in [1.29, 1.82) is 0 Å². The molecule has 0 aliphatic carbocycles. The SMILES string of the molecule is CC(NC(=O)c1cc(=O)[nH]c(-c2ccccc2)n1)c1ccc(Cl)cc1. The highest BCUT2D eigenvalue weighted by Crippen LogP contribution is 2.17. The van der Waals surface area contributed by atoms with Crippen molar-refractivity contribution in [2.45, 2.75) is 13.0 Å². The molecule has 1 unspecified atom stereocenters. The van der Waals surface area contributed by atoms with Crippen LogP contribution in [0.5, 0.6) is 0 Å². The Balaban J connectivity index is 1.83. The van der Waals surface area contributed by atoms with Gasteiger partial charge < -0.3 is 10.3 Å². The molecular formula is C19H16ClN3O2. The van der Waals surface area contributed by atoms with E-state index >= 15 is 0 Å². The molecular weight excluding hydrogens is 338 g/mol. The third kappa shape index (κ3) is 4.14. The van der Waals surface area contributed by atoms with Crippen LogP contribution >= 0.6 is 11.6 Å². The van der Waals surface area contributed by atoms with Crippen LogP contribution in [0.4, 0.5) is 0 Å². The molecule has 2 aromatic carbocycles. The summed E-state index contributed by atoms with van der Waals surface area (Å²) in [7, 11) is 0. The van der Waals surface area contributed by atoms with E-state index in [0.29, 0.717) is 10.8 Å². The van der Waals surface area contributed by atoms with E-state index in [1.165, 1.54) is 6.07 Å². The van der Waals surface area contributed by atoms with Crippen molar-refractivity contribution in [3.8, 4) is 11.4 Å². The second-order valence-electron chi connectivity index (χ2n) is 5.59. The second kappa shape index (κ2) is 7.32. The zero-order valence-electron chi connectivity index (χ0n) is 13.5. The molecule has 0 radical (unpaired) electrons. The van der Waals surface area contributed by atoms with Crippen LogP contribution in [0.25, 0.3) is 11.4 Å². The Morgan fingerprint density at radius 1 is 1.12 bits per heavy atom. The molecule has 0 aliphatic heterocycles. The number of hydrogen-bond donors (Lipinski definition) is 2. The normalized spacial score (nSPS) is 11.8. The Hall–Kier alpha value is -2.92. The Bertz CT molecular complexity index is 937. The summed E-state index contributed by atoms with van der Waals surface area (Å²) in [5.74, 6) is -0.0527. The van der Waals surface area contributed by atoms with Gasteiger partial charge in [-0.15, -0.1) is 0 Å². The van der Waals surface area contributed by atoms with Gasteiger partial charge >= 0.3 is 0 Å². The van der Waals surface area contributed by atoms with E-state index in [1.54, 1.807) is 12.1 Å². The van der Waals surface area contributed by atoms with Crippen LogP contribution in [0.1, 0.15) is 29.0 Å². The zero-order chi connectivity index (χ0) is 17.8. The number of carbonyl (C=O) groups is 1. The van der Waals surface area contributed by atoms with Crippen molar-refractivity contribution in [2.24, 2.45) is 0 Å². The monoisotopic (exact) mass is 353 g/mol. The number of nitrogens with one attached hydrogen (secondary N) is 2. The minimum atomic E-state index is -0.411. The van der Waals surface area contributed by atoms with Crippen LogP contribution in [0.2, 0.25) is 5.02 Å². The van der Waals surface area contributed by atoms with Crippen LogP contribution in [0.3, 0.4) is 0 Å². The maximum Gasteiger partial charge on any atom is 0.270 e. The quantitative estimate of drug-likeness (QED) is 0.752. The number of carbonyl (C=O) groups excluding carboxylic acids is 1. The van der Waals surface area contributed by atoms with E-state index in [9.17, 15) is 9.59 Å². The summed E-state index contributed by atoms with van der Waals surface area (Å²) in [6.45, 7) is 1.85. The first-order valence-electron chi connectivity index (χ1n) is 7.76. The van der Waals surface area contributed by atoms with Gasteiger partial charge in [0.05, 0.1) is 6.04 Å². The van der Waals surface area contributed by atoms with Crippen LogP contribution in [-0.2, 0) is 0 Å². The fourth-order valence-corrected chi connectivity index (χ4v) is 2.54. The van der Waals surface area contributed by atoms with Crippen molar-refractivity contribution < 1.29 is 4.79 Å². The predicted octanol–water partition coefficient (Wildman–Crippen LogP) is 3.58. The van der Waals surface area contributed by atoms with Gasteiger partial charge in [-0.25, -0.2) is 4.98 Å². The summed E-state index contributed by atoms with van der Waals surface area (Å²) >= 11 is 5.88. The average Bonchev–Trinajstić information content (AvgIpc) is 2.62. The molecule has 0 bridgehead atoms. The first kappa shape index (κ1) is 16.9. The van der Waals surface area contributed by atoms with E-state index in [2.05, 4.69) is 15.3 Å². The number of H-pyrrole nitrogens is 1. The van der Waals surface area contributed by atoms with Gasteiger partial charge in [-0.2, -0.15) is 0 Å². The fourth-order valence-electron chi connectivity index (χ4n) is 2.41. The van der Waals surface area contributed by atoms with Gasteiger partial charge in [0.1, 0.15) is 11.5 Å². The molecule has 5 nitrogen and oxygen atoms in total. The van der Waals surface area contributed by atoms with Gasteiger partial charge in [-0.3, -0.25) is 9.59 Å². The number of amides is 1. The Kier molecular flexibility index (Phi) is 4.95. The molecule has 1 atom stereocenters. The highest BCUT2D eigenvalue weighted by molar-refractivity contribution is 6.30. The highest BCUT2D eigenvalue weighted by atomic mass is 35.5. The molecule has 1 amide bonds. The van der Waals surface area contributed by atoms with Crippen LogP contribution in [0.15, 0.2) is 65.5 Å². The number of rotatable bonds is 4. The smallest absolute Gasteiger partial charge is 0.270 e. The molecule has 3 rings (SSSR count). The summed E-state index contributed by atoms with van der Waals surface area (Å²) in [5.41, 5.74) is 1.34. The number of aromatic amines is 1. The highest BCUT2D eigenvalue weighted by Gasteiger charge is 2.15. The lowest BCUT2D eigenvalue weighted by Crippen LogP contribution is -2.29. The molecule has 1 aromatic heterocycles. The number of hydrogen-bond acceptors (Lipinski definition) is 3. The fraction of sp³-hybridized carbons (Fsp3) is 0.105. The van der Waals surface area contributed by atoms with Crippen molar-refractivity contribution >= 4 is 17.5 Å². The first-order valence-corrected chi connectivity index (χ1v) is 8.14. The van der Waals surface area contributed by atoms with Gasteiger partial charge in [0, 0.05) is 16.7 Å². The number of benzene rings is 2. The first-order chi connectivity index (χ1) is 12.0. The van der Waals surface area contributed by atoms with Gasteiger partial charge in [0.25, 0.3) is 11.5 Å². The van der Waals surface area contributed by atoms with Crippen molar-refractivity contribution in [2.75, 3.05) is 0 Å². The van der Waals surface area contributed by atoms with E-state index in [0.717, 1.165) is 11.1 Å². The zero-order valence-corrected chi connectivity index (χ0v) is 14.2. The summed E-state index contributed by atoms with van der Waals surface area (Å²) in [4.78, 5) is 31.3. The lowest BCUT2D eigenvalue weighted by Gasteiger charge is -2.14. The van der Waals surface area contributed by atoms with E-state index in [4.69, 9.17) is 11.6 Å². The second-order valence-corrected chi connectivity index (χ2v) is 6.03. The molecule has 0 aliphatic rings. The van der Waals surface area contributed by atoms with E-state index in [-0.39, 0.29) is 17.3 Å². The third-order valence-corrected chi connectivity index (χ3v) is 3.99. The largest absolute Gasteiger partial charge is 0.344 e.